The Labute approximate surface area is 209 Å². The second-order valence-electron chi connectivity index (χ2n) is 9.09. The molecular weight excluding hydrogens is 429 g/mol. The van der Waals surface area contributed by atoms with Crippen LogP contribution in [0, 0.1) is 13.8 Å². The van der Waals surface area contributed by atoms with E-state index in [2.05, 4.69) is 46.6 Å². The van der Waals surface area contributed by atoms with Gasteiger partial charge in [-0.1, -0.05) is 79.9 Å². The molecule has 0 aliphatic heterocycles. The molecule has 1 aromatic carbocycles. The summed E-state index contributed by atoms with van der Waals surface area (Å²) in [6.07, 6.45) is 8.19. The highest BCUT2D eigenvalue weighted by Crippen LogP contribution is 2.30. The second-order valence-corrected chi connectivity index (χ2v) is 9.53. The molecule has 0 atom stereocenters. The van der Waals surface area contributed by atoms with E-state index in [1.165, 1.54) is 30.4 Å². The Morgan fingerprint density at radius 2 is 1.67 bits per heavy atom. The van der Waals surface area contributed by atoms with Crippen molar-refractivity contribution in [1.29, 1.82) is 0 Å². The minimum absolute atomic E-state index is 0.259. The second kappa shape index (κ2) is 16.5. The summed E-state index contributed by atoms with van der Waals surface area (Å²) >= 11 is 5.55. The maximum absolute atomic E-state index is 13.9. The summed E-state index contributed by atoms with van der Waals surface area (Å²) < 4.78 is 13.9. The first-order chi connectivity index (χ1) is 15.1. The van der Waals surface area contributed by atoms with Gasteiger partial charge in [0.2, 0.25) is 0 Å². The van der Waals surface area contributed by atoms with Crippen LogP contribution < -0.4 is 5.73 Å². The minimum Gasteiger partial charge on any atom is -0.389 e. The van der Waals surface area contributed by atoms with E-state index in [-0.39, 0.29) is 5.16 Å². The van der Waals surface area contributed by atoms with Gasteiger partial charge in [-0.25, -0.2) is 4.39 Å². The molecule has 0 heterocycles. The fourth-order valence-electron chi connectivity index (χ4n) is 3.22. The number of aryl methyl sites for hydroxylation is 2. The van der Waals surface area contributed by atoms with Crippen LogP contribution in [-0.2, 0) is 12.1 Å². The van der Waals surface area contributed by atoms with Crippen LogP contribution in [0.4, 0.5) is 4.39 Å². The molecule has 0 fully saturated rings. The average molecular weight is 476 g/mol. The van der Waals surface area contributed by atoms with Gasteiger partial charge in [0.05, 0.1) is 5.16 Å². The van der Waals surface area contributed by atoms with Crippen LogP contribution in [0.3, 0.4) is 0 Å². The standard InChI is InChI=1S/C13H19F.C10H14ClN.C7H14/c1-6-11-7-9(2)8-12(10(11)3)13(4,5)14;1-5-8(4)9(7(2)3)6-10(11)12;1-4-5-6-7(2)3/h7-8H,6H2,1-5H3;5-6H,1-2,12H2,3-4H3;2,4-6H2,1,3H3/b;9-8+,10-6-;. The van der Waals surface area contributed by atoms with E-state index in [1.807, 2.05) is 33.8 Å². The van der Waals surface area contributed by atoms with Crippen molar-refractivity contribution in [2.45, 2.75) is 93.7 Å². The Kier molecular flexibility index (Phi) is 16.6. The third-order valence-electron chi connectivity index (χ3n) is 5.11. The smallest absolute Gasteiger partial charge is 0.130 e. The molecule has 33 heavy (non-hydrogen) atoms. The average Bonchev–Trinajstić information content (AvgIpc) is 2.71. The zero-order valence-electron chi connectivity index (χ0n) is 22.6. The number of rotatable bonds is 8. The number of hydrogen-bond acceptors (Lipinski definition) is 1. The number of unbranched alkanes of at least 4 members (excludes halogenated alkanes) is 1. The summed E-state index contributed by atoms with van der Waals surface area (Å²) in [6.45, 7) is 28.8. The third kappa shape index (κ3) is 14.7. The van der Waals surface area contributed by atoms with E-state index >= 15 is 0 Å². The summed E-state index contributed by atoms with van der Waals surface area (Å²) in [7, 11) is 0. The van der Waals surface area contributed by atoms with E-state index in [0.717, 1.165) is 39.8 Å². The molecule has 1 aromatic rings. The third-order valence-corrected chi connectivity index (χ3v) is 5.22. The zero-order chi connectivity index (χ0) is 26.4. The minimum atomic E-state index is -1.24. The van der Waals surface area contributed by atoms with Gasteiger partial charge in [-0.3, -0.25) is 0 Å². The molecule has 0 spiro atoms. The lowest BCUT2D eigenvalue weighted by Crippen LogP contribution is -2.12. The predicted octanol–water partition coefficient (Wildman–Crippen LogP) is 9.93. The Bertz CT molecular complexity index is 847. The SMILES string of the molecule is C=C(C)CCCC.C=C/C(C)=C(\C=C(/N)Cl)C(=C)C.CCc1cc(C)cc(C(C)(C)F)c1C. The largest absolute Gasteiger partial charge is 0.389 e. The van der Waals surface area contributed by atoms with Crippen molar-refractivity contribution in [3.05, 3.63) is 93.7 Å². The lowest BCUT2D eigenvalue weighted by atomic mass is 9.89. The maximum atomic E-state index is 13.9. The number of hydrogen-bond donors (Lipinski definition) is 1. The highest BCUT2D eigenvalue weighted by molar-refractivity contribution is 6.29. The zero-order valence-corrected chi connectivity index (χ0v) is 23.3. The number of allylic oxidation sites excluding steroid dienone is 6. The van der Waals surface area contributed by atoms with Gasteiger partial charge in [-0.15, -0.1) is 6.58 Å². The molecule has 0 amide bonds. The van der Waals surface area contributed by atoms with Crippen molar-refractivity contribution >= 4 is 11.6 Å². The van der Waals surface area contributed by atoms with Crippen molar-refractivity contribution in [3.8, 4) is 0 Å². The first-order valence-electron chi connectivity index (χ1n) is 11.7. The van der Waals surface area contributed by atoms with E-state index < -0.39 is 5.67 Å². The molecule has 186 valence electrons. The fraction of sp³-hybridized carbons (Fsp3) is 0.467. The maximum Gasteiger partial charge on any atom is 0.130 e. The number of halogens is 2. The van der Waals surface area contributed by atoms with E-state index in [0.29, 0.717) is 0 Å². The van der Waals surface area contributed by atoms with Crippen LogP contribution in [0.5, 0.6) is 0 Å². The molecule has 0 aliphatic carbocycles. The normalized spacial score (nSPS) is 11.9. The Morgan fingerprint density at radius 1 is 1.12 bits per heavy atom. The Morgan fingerprint density at radius 3 is 1.97 bits per heavy atom. The molecule has 0 aliphatic rings. The molecule has 2 N–H and O–H groups in total. The number of benzene rings is 1. The predicted molar refractivity (Wildman–Crippen MR) is 150 cm³/mol. The molecular formula is C30H47ClFN. The molecule has 0 unspecified atom stereocenters. The summed E-state index contributed by atoms with van der Waals surface area (Å²) in [4.78, 5) is 0. The van der Waals surface area contributed by atoms with Crippen LogP contribution in [-0.4, -0.2) is 0 Å². The van der Waals surface area contributed by atoms with E-state index in [4.69, 9.17) is 17.3 Å². The highest BCUT2D eigenvalue weighted by atomic mass is 35.5. The number of alkyl halides is 1. The molecule has 0 bridgehead atoms. The van der Waals surface area contributed by atoms with Crippen molar-refractivity contribution in [2.75, 3.05) is 0 Å². The van der Waals surface area contributed by atoms with Crippen molar-refractivity contribution in [3.63, 3.8) is 0 Å². The molecule has 0 saturated carbocycles. The van der Waals surface area contributed by atoms with Crippen molar-refractivity contribution in [1.82, 2.24) is 0 Å². The van der Waals surface area contributed by atoms with Gasteiger partial charge in [-0.05, 0) is 102 Å². The van der Waals surface area contributed by atoms with E-state index in [1.54, 1.807) is 26.0 Å². The van der Waals surface area contributed by atoms with Gasteiger partial charge in [0.15, 0.2) is 0 Å². The number of nitrogens with two attached hydrogens (primary N) is 1. The van der Waals surface area contributed by atoms with Crippen LogP contribution in [0.25, 0.3) is 0 Å². The first kappa shape index (κ1) is 33.1. The quantitative estimate of drug-likeness (QED) is 0.226. The summed E-state index contributed by atoms with van der Waals surface area (Å²) in [5.41, 5.74) is 12.6. The monoisotopic (exact) mass is 475 g/mol. The van der Waals surface area contributed by atoms with E-state index in [9.17, 15) is 4.39 Å². The van der Waals surface area contributed by atoms with Crippen LogP contribution in [0.2, 0.25) is 0 Å². The topological polar surface area (TPSA) is 26.0 Å². The molecule has 3 heteroatoms. The van der Waals surface area contributed by atoms with Gasteiger partial charge in [0.1, 0.15) is 5.67 Å². The Balaban J connectivity index is 0. The van der Waals surface area contributed by atoms with Crippen molar-refractivity contribution < 1.29 is 4.39 Å². The molecule has 0 saturated heterocycles. The molecule has 1 nitrogen and oxygen atoms in total. The molecule has 0 aromatic heterocycles. The van der Waals surface area contributed by atoms with Gasteiger partial charge in [-0.2, -0.15) is 0 Å². The molecule has 0 radical (unpaired) electrons. The lowest BCUT2D eigenvalue weighted by molar-refractivity contribution is 0.220. The summed E-state index contributed by atoms with van der Waals surface area (Å²) in [5, 5.41) is 0.259. The first-order valence-corrected chi connectivity index (χ1v) is 12.1. The lowest BCUT2D eigenvalue weighted by Gasteiger charge is -2.20. The van der Waals surface area contributed by atoms with Crippen LogP contribution in [0.1, 0.15) is 90.0 Å². The highest BCUT2D eigenvalue weighted by Gasteiger charge is 2.22. The fourth-order valence-corrected chi connectivity index (χ4v) is 3.33. The van der Waals surface area contributed by atoms with Gasteiger partial charge < -0.3 is 5.73 Å². The van der Waals surface area contributed by atoms with Gasteiger partial charge in [0.25, 0.3) is 0 Å². The van der Waals surface area contributed by atoms with Crippen LogP contribution in [0.15, 0.2) is 71.5 Å². The summed E-state index contributed by atoms with van der Waals surface area (Å²) in [5.74, 6) is 0. The Hall–Kier alpha value is -2.06. The van der Waals surface area contributed by atoms with Gasteiger partial charge in [0, 0.05) is 0 Å². The van der Waals surface area contributed by atoms with Crippen molar-refractivity contribution in [2.24, 2.45) is 5.73 Å². The molecule has 1 rings (SSSR count). The van der Waals surface area contributed by atoms with Crippen LogP contribution >= 0.6 is 11.6 Å². The van der Waals surface area contributed by atoms with Gasteiger partial charge >= 0.3 is 0 Å². The summed E-state index contributed by atoms with van der Waals surface area (Å²) in [6, 6.07) is 4.10.